The Morgan fingerprint density at radius 1 is 1.54 bits per heavy atom. The van der Waals surface area contributed by atoms with Crippen molar-refractivity contribution in [1.29, 1.82) is 0 Å². The van der Waals surface area contributed by atoms with Crippen LogP contribution in [0.15, 0.2) is 12.2 Å². The lowest BCUT2D eigenvalue weighted by Gasteiger charge is -2.37. The summed E-state index contributed by atoms with van der Waals surface area (Å²) in [4.78, 5) is 0. The number of hydrogen-bond acceptors (Lipinski definition) is 2. The Morgan fingerprint density at radius 2 is 2.31 bits per heavy atom. The topological polar surface area (TPSA) is 17.1 Å². The lowest BCUT2D eigenvalue weighted by molar-refractivity contribution is 0.413. The van der Waals surface area contributed by atoms with Crippen LogP contribution >= 0.6 is 11.8 Å². The quantitative estimate of drug-likeness (QED) is 0.578. The van der Waals surface area contributed by atoms with Crippen LogP contribution in [0.1, 0.15) is 20.3 Å². The van der Waals surface area contributed by atoms with Crippen molar-refractivity contribution in [2.24, 2.45) is 5.41 Å². The molecule has 1 nitrogen and oxygen atoms in total. The van der Waals surface area contributed by atoms with Gasteiger partial charge in [0.1, 0.15) is 0 Å². The van der Waals surface area contributed by atoms with Crippen molar-refractivity contribution in [2.45, 2.75) is 30.8 Å². The molecule has 2 aliphatic rings. The van der Waals surface area contributed by atoms with Gasteiger partial charge in [-0.05, 0) is 11.8 Å². The molecule has 1 fully saturated rings. The van der Waals surface area contributed by atoms with Gasteiger partial charge in [0.2, 0.25) is 0 Å². The van der Waals surface area contributed by atoms with Gasteiger partial charge < -0.3 is 0 Å². The van der Waals surface area contributed by atoms with E-state index in [9.17, 15) is 4.21 Å². The van der Waals surface area contributed by atoms with E-state index >= 15 is 0 Å². The van der Waals surface area contributed by atoms with Crippen molar-refractivity contribution in [3.63, 3.8) is 0 Å². The monoisotopic (exact) mass is 216 g/mol. The second-order valence-electron chi connectivity index (χ2n) is 4.51. The molecule has 3 heteroatoms. The summed E-state index contributed by atoms with van der Waals surface area (Å²) in [5.41, 5.74) is 0.315. The molecule has 0 unspecified atom stereocenters. The largest absolute Gasteiger partial charge is 0.259 e. The molecule has 0 aromatic rings. The molecule has 0 N–H and O–H groups in total. The summed E-state index contributed by atoms with van der Waals surface area (Å²) in [6.45, 7) is 4.52. The molecule has 0 amide bonds. The van der Waals surface area contributed by atoms with Gasteiger partial charge in [-0.1, -0.05) is 26.0 Å². The third-order valence-electron chi connectivity index (χ3n) is 2.75. The van der Waals surface area contributed by atoms with E-state index < -0.39 is 10.8 Å². The number of thioether (sulfide) groups is 1. The van der Waals surface area contributed by atoms with Crippen molar-refractivity contribution >= 4 is 22.6 Å². The highest BCUT2D eigenvalue weighted by Gasteiger charge is 2.36. The fourth-order valence-corrected chi connectivity index (χ4v) is 5.75. The average molecular weight is 216 g/mol. The zero-order valence-electron chi connectivity index (χ0n) is 8.16. The fraction of sp³-hybridized carbons (Fsp3) is 0.800. The van der Waals surface area contributed by atoms with Gasteiger partial charge in [0.15, 0.2) is 0 Å². The van der Waals surface area contributed by atoms with Crippen LogP contribution in [-0.2, 0) is 10.8 Å². The first-order valence-electron chi connectivity index (χ1n) is 4.77. The van der Waals surface area contributed by atoms with Gasteiger partial charge in [0, 0.05) is 27.6 Å². The summed E-state index contributed by atoms with van der Waals surface area (Å²) in [5.74, 6) is 1.97. The maximum absolute atomic E-state index is 11.7. The van der Waals surface area contributed by atoms with E-state index in [1.165, 1.54) is 6.42 Å². The van der Waals surface area contributed by atoms with Gasteiger partial charge >= 0.3 is 0 Å². The Balaban J connectivity index is 2.20. The Morgan fingerprint density at radius 3 is 3.08 bits per heavy atom. The van der Waals surface area contributed by atoms with Crippen molar-refractivity contribution in [2.75, 3.05) is 11.5 Å². The van der Waals surface area contributed by atoms with Crippen LogP contribution < -0.4 is 0 Å². The zero-order chi connectivity index (χ0) is 9.47. The predicted octanol–water partition coefficient (Wildman–Crippen LogP) is 2.21. The molecule has 1 aliphatic heterocycles. The number of hydrogen-bond donors (Lipinski definition) is 0. The van der Waals surface area contributed by atoms with E-state index in [1.54, 1.807) is 0 Å². The Hall–Kier alpha value is 0.240. The zero-order valence-corrected chi connectivity index (χ0v) is 9.79. The maximum atomic E-state index is 11.7. The molecule has 74 valence electrons. The molecule has 0 radical (unpaired) electrons. The maximum Gasteiger partial charge on any atom is 0.0647 e. The van der Waals surface area contributed by atoms with Gasteiger partial charge in [0.25, 0.3) is 0 Å². The Bertz CT molecular complexity index is 258. The van der Waals surface area contributed by atoms with E-state index in [4.69, 9.17) is 0 Å². The number of allylic oxidation sites excluding steroid dienone is 1. The molecule has 1 saturated heterocycles. The Kier molecular flexibility index (Phi) is 2.58. The molecule has 1 heterocycles. The van der Waals surface area contributed by atoms with Gasteiger partial charge in [-0.3, -0.25) is 4.21 Å². The molecule has 0 aromatic heterocycles. The highest BCUT2D eigenvalue weighted by molar-refractivity contribution is 8.03. The van der Waals surface area contributed by atoms with Crippen LogP contribution in [0, 0.1) is 5.41 Å². The smallest absolute Gasteiger partial charge is 0.0647 e. The van der Waals surface area contributed by atoms with Gasteiger partial charge in [-0.2, -0.15) is 11.8 Å². The summed E-state index contributed by atoms with van der Waals surface area (Å²) >= 11 is 2.01. The molecule has 1 aliphatic carbocycles. The van der Waals surface area contributed by atoms with Crippen LogP contribution in [0.2, 0.25) is 0 Å². The van der Waals surface area contributed by atoms with Crippen LogP contribution in [0.5, 0.6) is 0 Å². The summed E-state index contributed by atoms with van der Waals surface area (Å²) in [5, 5.41) is 0.946. The highest BCUT2D eigenvalue weighted by Crippen LogP contribution is 2.39. The third-order valence-corrected chi connectivity index (χ3v) is 6.21. The molecular weight excluding hydrogens is 200 g/mol. The minimum Gasteiger partial charge on any atom is -0.259 e. The minimum atomic E-state index is -0.598. The van der Waals surface area contributed by atoms with Crippen molar-refractivity contribution in [3.8, 4) is 0 Å². The summed E-state index contributed by atoms with van der Waals surface area (Å²) in [7, 11) is -0.598. The third kappa shape index (κ3) is 2.01. The van der Waals surface area contributed by atoms with Crippen molar-refractivity contribution < 1.29 is 4.21 Å². The predicted molar refractivity (Wildman–Crippen MR) is 60.6 cm³/mol. The lowest BCUT2D eigenvalue weighted by Crippen LogP contribution is -2.39. The second-order valence-corrected chi connectivity index (χ2v) is 7.57. The standard InChI is InChI=1S/C10H16OS2/c1-10(2)4-3-9-8(7-10)12-5-6-13(9)11/h3-4,8-9H,5-7H2,1-2H3/t8-,9+,13+/m1/s1. The number of fused-ring (bicyclic) bond motifs is 1. The molecule has 0 saturated carbocycles. The van der Waals surface area contributed by atoms with Crippen LogP contribution in [-0.4, -0.2) is 26.2 Å². The van der Waals surface area contributed by atoms with Crippen LogP contribution in [0.4, 0.5) is 0 Å². The molecule has 0 aromatic carbocycles. The molecule has 3 atom stereocenters. The molecule has 13 heavy (non-hydrogen) atoms. The fourth-order valence-electron chi connectivity index (χ4n) is 2.01. The van der Waals surface area contributed by atoms with Crippen molar-refractivity contribution in [1.82, 2.24) is 0 Å². The van der Waals surface area contributed by atoms with E-state index in [2.05, 4.69) is 26.0 Å². The SMILES string of the molecule is CC1(C)C=C[C@H]2[C@@H](C1)SCC[S@@]2=O. The first-order chi connectivity index (χ1) is 6.08. The van der Waals surface area contributed by atoms with E-state index in [1.807, 2.05) is 11.8 Å². The average Bonchev–Trinajstić information content (AvgIpc) is 2.02. The lowest BCUT2D eigenvalue weighted by atomic mass is 9.82. The molecule has 2 rings (SSSR count). The van der Waals surface area contributed by atoms with Gasteiger partial charge in [-0.15, -0.1) is 0 Å². The van der Waals surface area contributed by atoms with E-state index in [0.29, 0.717) is 15.9 Å². The van der Waals surface area contributed by atoms with Crippen LogP contribution in [0.3, 0.4) is 0 Å². The van der Waals surface area contributed by atoms with Gasteiger partial charge in [0.05, 0.1) is 5.25 Å². The first-order valence-corrected chi connectivity index (χ1v) is 7.20. The summed E-state index contributed by atoms with van der Waals surface area (Å²) in [6.07, 6.45) is 5.62. The van der Waals surface area contributed by atoms with Crippen LogP contribution in [0.25, 0.3) is 0 Å². The summed E-state index contributed by atoms with van der Waals surface area (Å²) < 4.78 is 11.7. The van der Waals surface area contributed by atoms with Crippen molar-refractivity contribution in [3.05, 3.63) is 12.2 Å². The van der Waals surface area contributed by atoms with E-state index in [0.717, 1.165) is 11.5 Å². The summed E-state index contributed by atoms with van der Waals surface area (Å²) in [6, 6.07) is 0. The normalized spacial score (nSPS) is 42.8. The molecular formula is C10H16OS2. The van der Waals surface area contributed by atoms with E-state index in [-0.39, 0.29) is 0 Å². The highest BCUT2D eigenvalue weighted by atomic mass is 32.2. The first kappa shape index (κ1) is 9.78. The second kappa shape index (κ2) is 3.43. The molecule has 0 spiro atoms. The Labute approximate surface area is 86.8 Å². The molecule has 0 bridgehead atoms. The van der Waals surface area contributed by atoms with Gasteiger partial charge in [-0.25, -0.2) is 0 Å². The number of rotatable bonds is 0. The minimum absolute atomic E-state index is 0.315.